The van der Waals surface area contributed by atoms with Gasteiger partial charge >= 0.3 is 5.97 Å². The number of morpholine rings is 1. The van der Waals surface area contributed by atoms with Crippen LogP contribution in [0.5, 0.6) is 0 Å². The number of aliphatic hydroxyl groups is 1. The zero-order chi connectivity index (χ0) is 23.8. The number of amides is 2. The van der Waals surface area contributed by atoms with Crippen molar-refractivity contribution in [3.05, 3.63) is 12.7 Å². The minimum atomic E-state index is -1.16. The second kappa shape index (κ2) is 9.69. The lowest BCUT2D eigenvalue weighted by atomic mass is 9.70. The number of carboxylic acid groups (broad SMARTS) is 1. The molecular weight excluding hydrogens is 430 g/mol. The molecule has 10 heteroatoms. The molecule has 4 aliphatic heterocycles. The Balaban J connectivity index is 1.65. The molecule has 0 radical (unpaired) electrons. The minimum Gasteiger partial charge on any atom is -0.481 e. The smallest absolute Gasteiger partial charge is 0.310 e. The molecule has 184 valence electrons. The van der Waals surface area contributed by atoms with Gasteiger partial charge < -0.3 is 29.5 Å². The van der Waals surface area contributed by atoms with Gasteiger partial charge in [0.25, 0.3) is 0 Å². The summed E-state index contributed by atoms with van der Waals surface area (Å²) < 4.78 is 11.6. The molecule has 0 aromatic rings. The summed E-state index contributed by atoms with van der Waals surface area (Å²) in [5, 5.41) is 19.9. The first-order valence-corrected chi connectivity index (χ1v) is 11.9. The standard InChI is InChI=1S/C23H35N3O7/c1-3-7-25(9-8-24-10-12-32-13-11-24)21(29)19-23-6-5-16(33-23)17(22(30)31)18(23)20(28)26(19)15(4-2)14-27/h3,15-19,27H,1,4-14H2,2H3,(H,30,31)/t15-,16-,17+,18-,19?,23?/m0/s1. The Bertz CT molecular complexity index is 782. The number of nitrogens with zero attached hydrogens (tertiary/aromatic N) is 3. The average molecular weight is 466 g/mol. The second-order valence-electron chi connectivity index (χ2n) is 9.41. The summed E-state index contributed by atoms with van der Waals surface area (Å²) in [6.45, 7) is 9.67. The maximum atomic E-state index is 14.0. The quantitative estimate of drug-likeness (QED) is 0.417. The molecular formula is C23H35N3O7. The third-order valence-corrected chi connectivity index (χ3v) is 7.78. The number of carboxylic acids is 1. The van der Waals surface area contributed by atoms with Gasteiger partial charge in [-0.2, -0.15) is 0 Å². The van der Waals surface area contributed by atoms with E-state index in [4.69, 9.17) is 9.47 Å². The van der Waals surface area contributed by atoms with Crippen molar-refractivity contribution in [2.45, 2.75) is 50.0 Å². The summed E-state index contributed by atoms with van der Waals surface area (Å²) in [5.41, 5.74) is -1.16. The van der Waals surface area contributed by atoms with Gasteiger partial charge in [-0.15, -0.1) is 6.58 Å². The molecule has 4 saturated heterocycles. The molecule has 0 aromatic heterocycles. The van der Waals surface area contributed by atoms with Crippen molar-refractivity contribution in [1.82, 2.24) is 14.7 Å². The van der Waals surface area contributed by atoms with Gasteiger partial charge in [-0.3, -0.25) is 19.3 Å². The Kier molecular flexibility index (Phi) is 7.09. The first-order valence-electron chi connectivity index (χ1n) is 11.9. The van der Waals surface area contributed by atoms with Crippen LogP contribution >= 0.6 is 0 Å². The third kappa shape index (κ3) is 3.96. The summed E-state index contributed by atoms with van der Waals surface area (Å²) in [7, 11) is 0. The molecule has 33 heavy (non-hydrogen) atoms. The van der Waals surface area contributed by atoms with Crippen LogP contribution in [0.2, 0.25) is 0 Å². The summed E-state index contributed by atoms with van der Waals surface area (Å²) in [6.07, 6.45) is 2.50. The number of aliphatic hydroxyl groups excluding tert-OH is 1. The lowest BCUT2D eigenvalue weighted by Crippen LogP contribution is -2.59. The number of ether oxygens (including phenoxy) is 2. The fraction of sp³-hybridized carbons (Fsp3) is 0.783. The van der Waals surface area contributed by atoms with Gasteiger partial charge in [-0.25, -0.2) is 0 Å². The van der Waals surface area contributed by atoms with E-state index in [1.54, 1.807) is 11.0 Å². The fourth-order valence-electron chi connectivity index (χ4n) is 6.17. The van der Waals surface area contributed by atoms with Crippen molar-refractivity contribution >= 4 is 17.8 Å². The lowest BCUT2D eigenvalue weighted by molar-refractivity contribution is -0.153. The molecule has 4 aliphatic rings. The molecule has 2 amide bonds. The highest BCUT2D eigenvalue weighted by Crippen LogP contribution is 2.59. The Hall–Kier alpha value is -2.01. The Morgan fingerprint density at radius 1 is 1.36 bits per heavy atom. The second-order valence-corrected chi connectivity index (χ2v) is 9.41. The van der Waals surface area contributed by atoms with E-state index in [1.807, 2.05) is 6.92 Å². The highest BCUT2D eigenvalue weighted by atomic mass is 16.5. The van der Waals surface area contributed by atoms with E-state index >= 15 is 0 Å². The monoisotopic (exact) mass is 465 g/mol. The Labute approximate surface area is 194 Å². The number of hydrogen-bond donors (Lipinski definition) is 2. The van der Waals surface area contributed by atoms with E-state index in [9.17, 15) is 24.6 Å². The summed E-state index contributed by atoms with van der Waals surface area (Å²) in [4.78, 5) is 45.0. The third-order valence-electron chi connectivity index (χ3n) is 7.78. The van der Waals surface area contributed by atoms with Crippen molar-refractivity contribution in [3.8, 4) is 0 Å². The van der Waals surface area contributed by atoms with Crippen molar-refractivity contribution in [2.24, 2.45) is 11.8 Å². The number of hydrogen-bond acceptors (Lipinski definition) is 7. The molecule has 2 unspecified atom stereocenters. The molecule has 0 saturated carbocycles. The predicted octanol–water partition coefficient (Wildman–Crippen LogP) is -0.437. The van der Waals surface area contributed by atoms with E-state index in [-0.39, 0.29) is 12.5 Å². The van der Waals surface area contributed by atoms with E-state index in [1.165, 1.54) is 4.90 Å². The summed E-state index contributed by atoms with van der Waals surface area (Å²) >= 11 is 0. The maximum Gasteiger partial charge on any atom is 0.310 e. The van der Waals surface area contributed by atoms with E-state index in [0.29, 0.717) is 52.1 Å². The highest BCUT2D eigenvalue weighted by Gasteiger charge is 2.75. The normalized spacial score (nSPS) is 34.4. The minimum absolute atomic E-state index is 0.266. The zero-order valence-electron chi connectivity index (χ0n) is 19.2. The van der Waals surface area contributed by atoms with Crippen LogP contribution in [0.1, 0.15) is 26.2 Å². The molecule has 2 N–H and O–H groups in total. The summed E-state index contributed by atoms with van der Waals surface area (Å²) in [5.74, 6) is -3.61. The van der Waals surface area contributed by atoms with Crippen LogP contribution in [-0.4, -0.2) is 119 Å². The number of carbonyl (C=O) groups is 3. The highest BCUT2D eigenvalue weighted by molar-refractivity contribution is 5.98. The summed E-state index contributed by atoms with van der Waals surface area (Å²) in [6, 6.07) is -1.53. The molecule has 2 bridgehead atoms. The van der Waals surface area contributed by atoms with Gasteiger partial charge in [0, 0.05) is 32.7 Å². The van der Waals surface area contributed by atoms with Gasteiger partial charge in [0.1, 0.15) is 11.6 Å². The van der Waals surface area contributed by atoms with Gasteiger partial charge in [0.15, 0.2) is 0 Å². The van der Waals surface area contributed by atoms with E-state index in [0.717, 1.165) is 13.1 Å². The SMILES string of the molecule is C=CCN(CCN1CCOCC1)C(=O)C1N([C@@H](CC)CO)C(=O)[C@@H]2[C@H](C(=O)O)[C@@H]3CCC12O3. The first kappa shape index (κ1) is 24.1. The number of carbonyl (C=O) groups excluding carboxylic acids is 2. The molecule has 4 fully saturated rings. The van der Waals surface area contributed by atoms with Crippen molar-refractivity contribution in [1.29, 1.82) is 0 Å². The molecule has 4 heterocycles. The fourth-order valence-corrected chi connectivity index (χ4v) is 6.17. The number of aliphatic carboxylic acids is 1. The van der Waals surface area contributed by atoms with Gasteiger partial charge in [-0.05, 0) is 19.3 Å². The zero-order valence-corrected chi connectivity index (χ0v) is 19.2. The number of rotatable bonds is 10. The molecule has 1 spiro atoms. The average Bonchev–Trinajstić information content (AvgIpc) is 3.46. The van der Waals surface area contributed by atoms with Gasteiger partial charge in [0.2, 0.25) is 11.8 Å². The predicted molar refractivity (Wildman–Crippen MR) is 117 cm³/mol. The van der Waals surface area contributed by atoms with E-state index in [2.05, 4.69) is 11.5 Å². The van der Waals surface area contributed by atoms with Crippen molar-refractivity contribution in [2.75, 3.05) is 52.5 Å². The van der Waals surface area contributed by atoms with Crippen LogP contribution in [0.15, 0.2) is 12.7 Å². The van der Waals surface area contributed by atoms with Crippen LogP contribution < -0.4 is 0 Å². The van der Waals surface area contributed by atoms with Crippen LogP contribution in [0.3, 0.4) is 0 Å². The van der Waals surface area contributed by atoms with Crippen molar-refractivity contribution in [3.63, 3.8) is 0 Å². The van der Waals surface area contributed by atoms with Gasteiger partial charge in [-0.1, -0.05) is 13.0 Å². The largest absolute Gasteiger partial charge is 0.481 e. The topological polar surface area (TPSA) is 120 Å². The van der Waals surface area contributed by atoms with Crippen LogP contribution in [0, 0.1) is 11.8 Å². The molecule has 0 aromatic carbocycles. The Morgan fingerprint density at radius 2 is 2.09 bits per heavy atom. The van der Waals surface area contributed by atoms with Gasteiger partial charge in [0.05, 0.1) is 43.8 Å². The number of fused-ring (bicyclic) bond motifs is 1. The Morgan fingerprint density at radius 3 is 2.70 bits per heavy atom. The number of likely N-dealkylation sites (tertiary alicyclic amines) is 1. The molecule has 4 rings (SSSR count). The molecule has 6 atom stereocenters. The first-order chi connectivity index (χ1) is 15.9. The van der Waals surface area contributed by atoms with Crippen LogP contribution in [0.4, 0.5) is 0 Å². The van der Waals surface area contributed by atoms with E-state index < -0.39 is 47.5 Å². The van der Waals surface area contributed by atoms with Crippen LogP contribution in [-0.2, 0) is 23.9 Å². The van der Waals surface area contributed by atoms with Crippen molar-refractivity contribution < 1.29 is 34.1 Å². The molecule has 0 aliphatic carbocycles. The lowest BCUT2D eigenvalue weighted by Gasteiger charge is -2.39. The maximum absolute atomic E-state index is 14.0. The van der Waals surface area contributed by atoms with Crippen LogP contribution in [0.25, 0.3) is 0 Å². The molecule has 10 nitrogen and oxygen atoms in total.